The SMILES string of the molecule is CCCNC(c1cccc(F)c1)c1ccc(C)c(F)c1F. The Morgan fingerprint density at radius 3 is 2.48 bits per heavy atom. The molecule has 0 aliphatic carbocycles. The lowest BCUT2D eigenvalue weighted by Crippen LogP contribution is -2.24. The van der Waals surface area contributed by atoms with Crippen molar-refractivity contribution in [2.75, 3.05) is 6.54 Å². The Morgan fingerprint density at radius 1 is 1.05 bits per heavy atom. The molecule has 112 valence electrons. The normalized spacial score (nSPS) is 12.4. The maximum atomic E-state index is 14.2. The van der Waals surface area contributed by atoms with Crippen molar-refractivity contribution in [1.82, 2.24) is 5.32 Å². The largest absolute Gasteiger partial charge is 0.306 e. The molecule has 1 atom stereocenters. The lowest BCUT2D eigenvalue weighted by Gasteiger charge is -2.21. The number of halogens is 3. The lowest BCUT2D eigenvalue weighted by molar-refractivity contribution is 0.475. The van der Waals surface area contributed by atoms with E-state index in [0.29, 0.717) is 12.1 Å². The fourth-order valence-electron chi connectivity index (χ4n) is 2.27. The minimum absolute atomic E-state index is 0.192. The summed E-state index contributed by atoms with van der Waals surface area (Å²) < 4.78 is 41.4. The minimum Gasteiger partial charge on any atom is -0.306 e. The molecule has 21 heavy (non-hydrogen) atoms. The van der Waals surface area contributed by atoms with Crippen molar-refractivity contribution >= 4 is 0 Å². The van der Waals surface area contributed by atoms with E-state index in [9.17, 15) is 13.2 Å². The van der Waals surface area contributed by atoms with Gasteiger partial charge in [0, 0.05) is 5.56 Å². The number of aryl methyl sites for hydroxylation is 1. The fourth-order valence-corrected chi connectivity index (χ4v) is 2.27. The van der Waals surface area contributed by atoms with Gasteiger partial charge in [0.1, 0.15) is 5.82 Å². The predicted octanol–water partition coefficient (Wildman–Crippen LogP) is 4.50. The third kappa shape index (κ3) is 3.45. The highest BCUT2D eigenvalue weighted by Crippen LogP contribution is 2.27. The predicted molar refractivity (Wildman–Crippen MR) is 77.6 cm³/mol. The standard InChI is InChI=1S/C17H18F3N/c1-3-9-21-17(12-5-4-6-13(18)10-12)14-8-7-11(2)15(19)16(14)20/h4-8,10,17,21H,3,9H2,1-2H3. The van der Waals surface area contributed by atoms with Gasteiger partial charge in [0.2, 0.25) is 0 Å². The summed E-state index contributed by atoms with van der Waals surface area (Å²) in [7, 11) is 0. The monoisotopic (exact) mass is 293 g/mol. The highest BCUT2D eigenvalue weighted by atomic mass is 19.2. The molecule has 0 fully saturated rings. The van der Waals surface area contributed by atoms with Crippen LogP contribution in [0.4, 0.5) is 13.2 Å². The summed E-state index contributed by atoms with van der Waals surface area (Å²) in [6, 6.07) is 8.44. The van der Waals surface area contributed by atoms with Crippen LogP contribution in [0.5, 0.6) is 0 Å². The number of hydrogen-bond donors (Lipinski definition) is 1. The second-order valence-corrected chi connectivity index (χ2v) is 5.04. The molecule has 2 rings (SSSR count). The molecule has 0 spiro atoms. The van der Waals surface area contributed by atoms with Crippen LogP contribution in [0.25, 0.3) is 0 Å². The molecule has 0 aliphatic rings. The van der Waals surface area contributed by atoms with E-state index in [-0.39, 0.29) is 11.1 Å². The van der Waals surface area contributed by atoms with E-state index in [2.05, 4.69) is 5.32 Å². The molecule has 0 saturated carbocycles. The molecule has 2 aromatic rings. The van der Waals surface area contributed by atoms with Gasteiger partial charge in [-0.3, -0.25) is 0 Å². The summed E-state index contributed by atoms with van der Waals surface area (Å²) in [6.45, 7) is 4.11. The van der Waals surface area contributed by atoms with E-state index in [4.69, 9.17) is 0 Å². The summed E-state index contributed by atoms with van der Waals surface area (Å²) >= 11 is 0. The molecule has 1 unspecified atom stereocenters. The van der Waals surface area contributed by atoms with Gasteiger partial charge in [-0.15, -0.1) is 0 Å². The van der Waals surface area contributed by atoms with E-state index in [1.165, 1.54) is 25.1 Å². The van der Waals surface area contributed by atoms with Crippen LogP contribution >= 0.6 is 0 Å². The van der Waals surface area contributed by atoms with Crippen molar-refractivity contribution in [2.45, 2.75) is 26.3 Å². The Bertz CT molecular complexity index is 625. The first-order valence-corrected chi connectivity index (χ1v) is 6.98. The van der Waals surface area contributed by atoms with Gasteiger partial charge in [-0.25, -0.2) is 13.2 Å². The van der Waals surface area contributed by atoms with Crippen LogP contribution in [0, 0.1) is 24.4 Å². The molecule has 0 heterocycles. The zero-order valence-electron chi connectivity index (χ0n) is 12.1. The Balaban J connectivity index is 2.48. The Kier molecular flexibility index (Phi) is 5.02. The van der Waals surface area contributed by atoms with Crippen molar-refractivity contribution < 1.29 is 13.2 Å². The summed E-state index contributed by atoms with van der Waals surface area (Å²) in [4.78, 5) is 0. The highest BCUT2D eigenvalue weighted by Gasteiger charge is 2.21. The summed E-state index contributed by atoms with van der Waals surface area (Å²) in [5.74, 6) is -2.14. The molecule has 4 heteroatoms. The van der Waals surface area contributed by atoms with Crippen LogP contribution in [0.3, 0.4) is 0 Å². The maximum absolute atomic E-state index is 14.2. The topological polar surface area (TPSA) is 12.0 Å². The Morgan fingerprint density at radius 2 is 1.81 bits per heavy atom. The van der Waals surface area contributed by atoms with E-state index >= 15 is 0 Å². The summed E-state index contributed by atoms with van der Waals surface area (Å²) in [5, 5.41) is 3.14. The van der Waals surface area contributed by atoms with E-state index < -0.39 is 23.5 Å². The van der Waals surface area contributed by atoms with E-state index in [0.717, 1.165) is 6.42 Å². The number of nitrogens with one attached hydrogen (secondary N) is 1. The van der Waals surface area contributed by atoms with Gasteiger partial charge in [-0.2, -0.15) is 0 Å². The number of rotatable bonds is 5. The van der Waals surface area contributed by atoms with Gasteiger partial charge in [0.15, 0.2) is 11.6 Å². The fraction of sp³-hybridized carbons (Fsp3) is 0.294. The molecule has 0 saturated heterocycles. The molecule has 1 N–H and O–H groups in total. The zero-order chi connectivity index (χ0) is 15.4. The van der Waals surface area contributed by atoms with Gasteiger partial charge < -0.3 is 5.32 Å². The average molecular weight is 293 g/mol. The number of hydrogen-bond acceptors (Lipinski definition) is 1. The van der Waals surface area contributed by atoms with Crippen molar-refractivity contribution in [3.05, 3.63) is 70.5 Å². The number of benzene rings is 2. The second kappa shape index (κ2) is 6.76. The van der Waals surface area contributed by atoms with Gasteiger partial charge in [0.25, 0.3) is 0 Å². The summed E-state index contributed by atoms with van der Waals surface area (Å²) in [5.41, 5.74) is 1.02. The molecule has 1 nitrogen and oxygen atoms in total. The molecule has 0 bridgehead atoms. The van der Waals surface area contributed by atoms with Crippen molar-refractivity contribution in [1.29, 1.82) is 0 Å². The molecule has 0 aliphatic heterocycles. The lowest BCUT2D eigenvalue weighted by atomic mass is 9.96. The molecule has 2 aromatic carbocycles. The van der Waals surface area contributed by atoms with Crippen molar-refractivity contribution in [3.63, 3.8) is 0 Å². The van der Waals surface area contributed by atoms with Crippen molar-refractivity contribution in [2.24, 2.45) is 0 Å². The first-order chi connectivity index (χ1) is 10.0. The van der Waals surface area contributed by atoms with Crippen LogP contribution in [0.2, 0.25) is 0 Å². The second-order valence-electron chi connectivity index (χ2n) is 5.04. The minimum atomic E-state index is -0.882. The van der Waals surface area contributed by atoms with Crippen LogP contribution in [0.1, 0.15) is 36.1 Å². The van der Waals surface area contributed by atoms with Crippen molar-refractivity contribution in [3.8, 4) is 0 Å². The molecular weight excluding hydrogens is 275 g/mol. The smallest absolute Gasteiger partial charge is 0.164 e. The first-order valence-electron chi connectivity index (χ1n) is 6.98. The zero-order valence-corrected chi connectivity index (χ0v) is 12.1. The van der Waals surface area contributed by atoms with Gasteiger partial charge in [0.05, 0.1) is 6.04 Å². The van der Waals surface area contributed by atoms with Crippen LogP contribution in [-0.4, -0.2) is 6.54 Å². The highest BCUT2D eigenvalue weighted by molar-refractivity contribution is 5.35. The average Bonchev–Trinajstić information content (AvgIpc) is 2.47. The molecule has 0 amide bonds. The molecular formula is C17H18F3N. The van der Waals surface area contributed by atoms with Crippen LogP contribution < -0.4 is 5.32 Å². The maximum Gasteiger partial charge on any atom is 0.164 e. The Labute approximate surface area is 122 Å². The van der Waals surface area contributed by atoms with Gasteiger partial charge in [-0.1, -0.05) is 31.2 Å². The van der Waals surface area contributed by atoms with Gasteiger partial charge in [-0.05, 0) is 43.1 Å². The van der Waals surface area contributed by atoms with Gasteiger partial charge >= 0.3 is 0 Å². The quantitative estimate of drug-likeness (QED) is 0.855. The third-order valence-electron chi connectivity index (χ3n) is 3.40. The molecule has 0 aromatic heterocycles. The first kappa shape index (κ1) is 15.6. The third-order valence-corrected chi connectivity index (χ3v) is 3.40. The van der Waals surface area contributed by atoms with E-state index in [1.807, 2.05) is 6.92 Å². The van der Waals surface area contributed by atoms with Crippen LogP contribution in [-0.2, 0) is 0 Å². The molecule has 0 radical (unpaired) electrons. The summed E-state index contributed by atoms with van der Waals surface area (Å²) in [6.07, 6.45) is 0.835. The van der Waals surface area contributed by atoms with E-state index in [1.54, 1.807) is 18.2 Å². The Hall–Kier alpha value is -1.81. The van der Waals surface area contributed by atoms with Crippen LogP contribution in [0.15, 0.2) is 36.4 Å².